The van der Waals surface area contributed by atoms with Crippen molar-refractivity contribution in [3.05, 3.63) is 11.9 Å². The molecule has 3 rings (SSSR count). The molecule has 4 atom stereocenters. The molecule has 0 spiro atoms. The molecule has 3 aliphatic rings. The van der Waals surface area contributed by atoms with Crippen LogP contribution in [0.3, 0.4) is 0 Å². The van der Waals surface area contributed by atoms with Gasteiger partial charge in [0.05, 0.1) is 0 Å². The Labute approximate surface area is 198 Å². The first-order valence-electron chi connectivity index (χ1n) is 12.4. The van der Waals surface area contributed by atoms with Crippen molar-refractivity contribution in [3.63, 3.8) is 0 Å². The Balaban J connectivity index is 1.71. The normalized spacial score (nSPS) is 27.8. The van der Waals surface area contributed by atoms with E-state index in [0.29, 0.717) is 24.1 Å². The van der Waals surface area contributed by atoms with Crippen LogP contribution in [0, 0.1) is 11.3 Å². The maximum Gasteiger partial charge on any atom is 0.248 e. The van der Waals surface area contributed by atoms with E-state index in [9.17, 15) is 9.59 Å². The number of hydrazine groups is 1. The van der Waals surface area contributed by atoms with Crippen molar-refractivity contribution in [1.29, 1.82) is 0 Å². The fraction of sp³-hybridized carbons (Fsp3) is 0.833. The summed E-state index contributed by atoms with van der Waals surface area (Å²) in [5, 5.41) is 5.27. The summed E-state index contributed by atoms with van der Waals surface area (Å²) < 4.78 is 0. The molecule has 0 aromatic heterocycles. The molecule has 0 radical (unpaired) electrons. The van der Waals surface area contributed by atoms with Crippen LogP contribution in [0.5, 0.6) is 0 Å². The van der Waals surface area contributed by atoms with E-state index in [1.165, 1.54) is 11.4 Å². The van der Waals surface area contributed by atoms with Gasteiger partial charge >= 0.3 is 0 Å². The van der Waals surface area contributed by atoms with Crippen LogP contribution in [-0.4, -0.2) is 57.4 Å². The molecular formula is C24H43N5O2S. The van der Waals surface area contributed by atoms with Crippen molar-refractivity contribution < 1.29 is 9.59 Å². The third-order valence-electron chi connectivity index (χ3n) is 6.95. The van der Waals surface area contributed by atoms with Gasteiger partial charge in [-0.25, -0.2) is 5.84 Å². The topological polar surface area (TPSA) is 105 Å². The van der Waals surface area contributed by atoms with Crippen molar-refractivity contribution in [2.75, 3.05) is 12.3 Å². The van der Waals surface area contributed by atoms with Crippen LogP contribution in [0.1, 0.15) is 79.1 Å². The molecule has 0 bridgehead atoms. The third kappa shape index (κ3) is 6.13. The van der Waals surface area contributed by atoms with Crippen molar-refractivity contribution in [2.24, 2.45) is 22.9 Å². The third-order valence-corrected chi connectivity index (χ3v) is 8.27. The summed E-state index contributed by atoms with van der Waals surface area (Å²) >= 11 is 1.94. The predicted molar refractivity (Wildman–Crippen MR) is 131 cm³/mol. The number of nitrogens with zero attached hydrogens (tertiary/aromatic N) is 2. The number of thioether (sulfide) groups is 1. The number of carbonyl (C=O) groups is 2. The highest BCUT2D eigenvalue weighted by atomic mass is 32.2. The molecule has 1 saturated heterocycles. The van der Waals surface area contributed by atoms with Crippen LogP contribution >= 0.6 is 11.8 Å². The Morgan fingerprint density at radius 2 is 1.84 bits per heavy atom. The molecule has 182 valence electrons. The average molecular weight is 466 g/mol. The number of hydrogen-bond donors (Lipinski definition) is 3. The first kappa shape index (κ1) is 25.2. The lowest BCUT2D eigenvalue weighted by molar-refractivity contribution is -0.145. The van der Waals surface area contributed by atoms with E-state index in [2.05, 4.69) is 12.2 Å². The van der Waals surface area contributed by atoms with Gasteiger partial charge in [-0.15, -0.1) is 0 Å². The van der Waals surface area contributed by atoms with Gasteiger partial charge in [0, 0.05) is 35.7 Å². The lowest BCUT2D eigenvalue weighted by atomic mass is 9.85. The second-order valence-electron chi connectivity index (χ2n) is 10.7. The molecule has 5 N–H and O–H groups in total. The van der Waals surface area contributed by atoms with Crippen LogP contribution in [-0.2, 0) is 9.59 Å². The van der Waals surface area contributed by atoms with Gasteiger partial charge in [0.15, 0.2) is 0 Å². The Hall–Kier alpha value is -1.41. The number of amides is 2. The van der Waals surface area contributed by atoms with Crippen molar-refractivity contribution in [2.45, 2.75) is 102 Å². The van der Waals surface area contributed by atoms with Gasteiger partial charge in [-0.1, -0.05) is 40.5 Å². The summed E-state index contributed by atoms with van der Waals surface area (Å²) in [6, 6.07) is -0.796. The molecule has 0 aromatic carbocycles. The van der Waals surface area contributed by atoms with Crippen molar-refractivity contribution >= 4 is 23.6 Å². The van der Waals surface area contributed by atoms with E-state index < -0.39 is 17.5 Å². The molecule has 1 aliphatic heterocycles. The quantitative estimate of drug-likeness (QED) is 0.376. The van der Waals surface area contributed by atoms with E-state index in [1.54, 1.807) is 11.1 Å². The Bertz CT molecular complexity index is 701. The second kappa shape index (κ2) is 10.7. The number of hydrogen-bond acceptors (Lipinski definition) is 6. The van der Waals surface area contributed by atoms with Crippen LogP contribution in [0.25, 0.3) is 0 Å². The number of rotatable bonds is 8. The van der Waals surface area contributed by atoms with Gasteiger partial charge in [0.1, 0.15) is 12.1 Å². The van der Waals surface area contributed by atoms with Gasteiger partial charge in [0.2, 0.25) is 11.8 Å². The molecular weight excluding hydrogens is 422 g/mol. The lowest BCUT2D eigenvalue weighted by Crippen LogP contribution is -2.59. The summed E-state index contributed by atoms with van der Waals surface area (Å²) in [7, 11) is 0. The molecule has 7 nitrogen and oxygen atoms in total. The summed E-state index contributed by atoms with van der Waals surface area (Å²) in [5.41, 5.74) is 6.52. The van der Waals surface area contributed by atoms with Gasteiger partial charge in [-0.05, 0) is 49.7 Å². The van der Waals surface area contributed by atoms with Crippen LogP contribution in [0.4, 0.5) is 0 Å². The van der Waals surface area contributed by atoms with E-state index in [1.807, 2.05) is 32.5 Å². The van der Waals surface area contributed by atoms with Crippen LogP contribution in [0.2, 0.25) is 0 Å². The Kier molecular flexibility index (Phi) is 8.42. The highest BCUT2D eigenvalue weighted by molar-refractivity contribution is 7.99. The van der Waals surface area contributed by atoms with E-state index in [4.69, 9.17) is 11.6 Å². The maximum absolute atomic E-state index is 13.7. The maximum atomic E-state index is 13.7. The highest BCUT2D eigenvalue weighted by Crippen LogP contribution is 2.35. The number of nitrogens with one attached hydrogen (secondary N) is 1. The van der Waals surface area contributed by atoms with Gasteiger partial charge in [-0.2, -0.15) is 11.8 Å². The summed E-state index contributed by atoms with van der Waals surface area (Å²) in [5.74, 6) is 7.74. The van der Waals surface area contributed by atoms with Crippen LogP contribution in [0.15, 0.2) is 11.9 Å². The van der Waals surface area contributed by atoms with E-state index in [0.717, 1.165) is 50.0 Å². The smallest absolute Gasteiger partial charge is 0.248 e. The highest BCUT2D eigenvalue weighted by Gasteiger charge is 2.44. The molecule has 2 amide bonds. The van der Waals surface area contributed by atoms with Gasteiger partial charge in [0.25, 0.3) is 0 Å². The lowest BCUT2D eigenvalue weighted by Gasteiger charge is -2.40. The van der Waals surface area contributed by atoms with E-state index in [-0.39, 0.29) is 17.9 Å². The fourth-order valence-electron chi connectivity index (χ4n) is 5.13. The zero-order valence-electron chi connectivity index (χ0n) is 20.3. The largest absolute Gasteiger partial charge is 0.401 e. The van der Waals surface area contributed by atoms with Gasteiger partial charge < -0.3 is 21.0 Å². The second-order valence-corrected chi connectivity index (χ2v) is 12.2. The SMILES string of the molecule is CCSC1CCCCC1NC(=O)[C@@H]1CCCN1C(=O)[C@@H](N(N)/C=C(\N)C1CC1)C(C)(C)C. The molecule has 3 fully saturated rings. The standard InChI is InChI=1S/C24H43N5O2S/c1-5-32-20-11-7-6-9-18(20)27-22(30)19-10-8-14-28(19)23(31)21(24(2,3)4)29(26)15-17(25)16-12-13-16/h15-16,18-21H,5-14,25-26H2,1-4H3,(H,27,30)/b17-15-/t18?,19-,20?,21+/m0/s1. The average Bonchev–Trinajstić information content (AvgIpc) is 3.45. The molecule has 8 heteroatoms. The summed E-state index contributed by atoms with van der Waals surface area (Å²) in [6.45, 7) is 8.80. The predicted octanol–water partition coefficient (Wildman–Crippen LogP) is 2.96. The number of carbonyl (C=O) groups excluding carboxylic acids is 2. The minimum Gasteiger partial charge on any atom is -0.401 e. The summed E-state index contributed by atoms with van der Waals surface area (Å²) in [6.07, 6.45) is 9.99. The number of allylic oxidation sites excluding steroid dienone is 1. The number of nitrogens with two attached hydrogens (primary N) is 2. The molecule has 0 aromatic rings. The van der Waals surface area contributed by atoms with Gasteiger partial charge in [-0.3, -0.25) is 9.59 Å². The molecule has 2 unspecified atom stereocenters. The first-order valence-corrected chi connectivity index (χ1v) is 13.4. The van der Waals surface area contributed by atoms with E-state index >= 15 is 0 Å². The van der Waals surface area contributed by atoms with Crippen LogP contribution < -0.4 is 16.9 Å². The fourth-order valence-corrected chi connectivity index (χ4v) is 6.33. The van der Waals surface area contributed by atoms with Crippen molar-refractivity contribution in [3.8, 4) is 0 Å². The molecule has 2 saturated carbocycles. The zero-order valence-corrected chi connectivity index (χ0v) is 21.1. The minimum absolute atomic E-state index is 0.00581. The monoisotopic (exact) mass is 465 g/mol. The molecule has 2 aliphatic carbocycles. The number of likely N-dealkylation sites (tertiary alicyclic amines) is 1. The van der Waals surface area contributed by atoms with Crippen molar-refractivity contribution in [1.82, 2.24) is 15.2 Å². The molecule has 1 heterocycles. The molecule has 32 heavy (non-hydrogen) atoms. The zero-order chi connectivity index (χ0) is 23.5. The Morgan fingerprint density at radius 3 is 2.47 bits per heavy atom. The minimum atomic E-state index is -0.578. The Morgan fingerprint density at radius 1 is 1.16 bits per heavy atom. The summed E-state index contributed by atoms with van der Waals surface area (Å²) in [4.78, 5) is 28.8. The first-order chi connectivity index (χ1) is 15.1.